The van der Waals surface area contributed by atoms with Crippen molar-refractivity contribution in [2.75, 3.05) is 6.61 Å². The van der Waals surface area contributed by atoms with Gasteiger partial charge in [-0.1, -0.05) is 25.5 Å². The summed E-state index contributed by atoms with van der Waals surface area (Å²) < 4.78 is 12.0. The fraction of sp³-hybridized carbons (Fsp3) is 0.357. The van der Waals surface area contributed by atoms with Gasteiger partial charge in [0.25, 0.3) is 0 Å². The maximum absolute atomic E-state index is 11.4. The van der Waals surface area contributed by atoms with E-state index < -0.39 is 0 Å². The molecule has 0 amide bonds. The molecule has 1 aromatic rings. The molecule has 1 heterocycles. The van der Waals surface area contributed by atoms with Crippen LogP contribution in [0.2, 0.25) is 0 Å². The molecule has 0 radical (unpaired) electrons. The maximum Gasteiger partial charge on any atom is 0.347 e. The van der Waals surface area contributed by atoms with Crippen molar-refractivity contribution in [1.82, 2.24) is 0 Å². The van der Waals surface area contributed by atoms with Crippen LogP contribution in [0.25, 0.3) is 0 Å². The lowest BCUT2D eigenvalue weighted by molar-refractivity contribution is -0.139. The van der Waals surface area contributed by atoms with Crippen LogP contribution < -0.4 is 4.74 Å². The van der Waals surface area contributed by atoms with E-state index in [0.29, 0.717) is 4.48 Å². The third kappa shape index (κ3) is 3.39. The van der Waals surface area contributed by atoms with E-state index in [4.69, 9.17) is 9.47 Å². The minimum absolute atomic E-state index is 0.347. The molecule has 0 N–H and O–H groups in total. The Hall–Kier alpha value is -0.810. The smallest absolute Gasteiger partial charge is 0.347 e. The molecule has 102 valence electrons. The third-order valence-corrected chi connectivity index (χ3v) is 4.89. The number of rotatable bonds is 5. The third-order valence-electron chi connectivity index (χ3n) is 2.79. The Bertz CT molecular complexity index is 494. The van der Waals surface area contributed by atoms with E-state index in [0.717, 1.165) is 35.2 Å². The highest BCUT2D eigenvalue weighted by Gasteiger charge is 2.32. The Kier molecular flexibility index (Phi) is 5.05. The minimum atomic E-state index is -0.369. The van der Waals surface area contributed by atoms with Crippen molar-refractivity contribution >= 4 is 37.8 Å². The first kappa shape index (κ1) is 14.6. The normalized spacial score (nSPS) is 18.7. The summed E-state index contributed by atoms with van der Waals surface area (Å²) in [6.07, 6.45) is 1.79. The van der Waals surface area contributed by atoms with Gasteiger partial charge in [-0.2, -0.15) is 0 Å². The average molecular weight is 390 g/mol. The standard InChI is InChI=1S/C14H14Br2O3/c1-2-3-8-18-10-6-4-9(5-7-10)13-11(15)12(16)14(17)19-13/h4-7,13H,2-3,8H2,1H3. The SMILES string of the molecule is CCCCOc1ccc(C2OC(=O)C(Br)=C2Br)cc1. The molecule has 0 saturated heterocycles. The molecular weight excluding hydrogens is 376 g/mol. The van der Waals surface area contributed by atoms with Crippen molar-refractivity contribution in [3.8, 4) is 5.75 Å². The number of esters is 1. The van der Waals surface area contributed by atoms with E-state index in [1.54, 1.807) is 0 Å². The van der Waals surface area contributed by atoms with Gasteiger partial charge in [-0.15, -0.1) is 0 Å². The number of unbranched alkanes of at least 4 members (excludes halogenated alkanes) is 1. The van der Waals surface area contributed by atoms with Crippen LogP contribution in [-0.2, 0) is 9.53 Å². The van der Waals surface area contributed by atoms with Crippen LogP contribution in [0.3, 0.4) is 0 Å². The van der Waals surface area contributed by atoms with Crippen LogP contribution in [0, 0.1) is 0 Å². The van der Waals surface area contributed by atoms with Crippen LogP contribution in [0.1, 0.15) is 31.4 Å². The molecule has 1 unspecified atom stereocenters. The highest BCUT2D eigenvalue weighted by molar-refractivity contribution is 9.14. The van der Waals surface area contributed by atoms with Crippen LogP contribution in [0.15, 0.2) is 33.2 Å². The maximum atomic E-state index is 11.4. The summed E-state index contributed by atoms with van der Waals surface area (Å²) >= 11 is 6.57. The lowest BCUT2D eigenvalue weighted by Crippen LogP contribution is -2.02. The Morgan fingerprint density at radius 1 is 1.26 bits per heavy atom. The monoisotopic (exact) mass is 388 g/mol. The van der Waals surface area contributed by atoms with Crippen molar-refractivity contribution in [2.24, 2.45) is 0 Å². The predicted octanol–water partition coefficient (Wildman–Crippen LogP) is 4.46. The molecular formula is C14H14Br2O3. The van der Waals surface area contributed by atoms with Crippen LogP contribution in [0.5, 0.6) is 5.75 Å². The van der Waals surface area contributed by atoms with Gasteiger partial charge in [0.15, 0.2) is 6.10 Å². The van der Waals surface area contributed by atoms with Crippen LogP contribution in [0.4, 0.5) is 0 Å². The van der Waals surface area contributed by atoms with Crippen molar-refractivity contribution in [3.05, 3.63) is 38.8 Å². The number of ether oxygens (including phenoxy) is 2. The lowest BCUT2D eigenvalue weighted by atomic mass is 10.1. The summed E-state index contributed by atoms with van der Waals surface area (Å²) in [6, 6.07) is 7.61. The van der Waals surface area contributed by atoms with Crippen molar-refractivity contribution in [2.45, 2.75) is 25.9 Å². The molecule has 0 aromatic heterocycles. The number of carbonyl (C=O) groups excluding carboxylic acids is 1. The highest BCUT2D eigenvalue weighted by Crippen LogP contribution is 2.41. The first-order valence-corrected chi connectivity index (χ1v) is 7.71. The van der Waals surface area contributed by atoms with E-state index in [1.807, 2.05) is 24.3 Å². The molecule has 0 aliphatic carbocycles. The van der Waals surface area contributed by atoms with Crippen molar-refractivity contribution in [3.63, 3.8) is 0 Å². The second-order valence-electron chi connectivity index (χ2n) is 4.22. The van der Waals surface area contributed by atoms with Gasteiger partial charge < -0.3 is 9.47 Å². The molecule has 3 nitrogen and oxygen atoms in total. The van der Waals surface area contributed by atoms with Gasteiger partial charge in [-0.05, 0) is 56.0 Å². The Balaban J connectivity index is 2.05. The summed E-state index contributed by atoms with van der Waals surface area (Å²) in [5, 5.41) is 0. The van der Waals surface area contributed by atoms with E-state index in [2.05, 4.69) is 38.8 Å². The molecule has 0 spiro atoms. The van der Waals surface area contributed by atoms with E-state index in [-0.39, 0.29) is 12.1 Å². The fourth-order valence-electron chi connectivity index (χ4n) is 1.71. The average Bonchev–Trinajstić information content (AvgIpc) is 2.68. The lowest BCUT2D eigenvalue weighted by Gasteiger charge is -2.12. The highest BCUT2D eigenvalue weighted by atomic mass is 79.9. The number of carbonyl (C=O) groups is 1. The van der Waals surface area contributed by atoms with Gasteiger partial charge >= 0.3 is 5.97 Å². The second kappa shape index (κ2) is 6.57. The number of halogens is 2. The Morgan fingerprint density at radius 3 is 2.47 bits per heavy atom. The Labute approximate surface area is 129 Å². The number of hydrogen-bond acceptors (Lipinski definition) is 3. The van der Waals surface area contributed by atoms with E-state index in [9.17, 15) is 4.79 Å². The van der Waals surface area contributed by atoms with Gasteiger partial charge in [-0.25, -0.2) is 4.79 Å². The van der Waals surface area contributed by atoms with Crippen molar-refractivity contribution < 1.29 is 14.3 Å². The predicted molar refractivity (Wildman–Crippen MR) is 80.6 cm³/mol. The van der Waals surface area contributed by atoms with Gasteiger partial charge in [-0.3, -0.25) is 0 Å². The fourth-order valence-corrected chi connectivity index (χ4v) is 2.53. The zero-order chi connectivity index (χ0) is 13.8. The summed E-state index contributed by atoms with van der Waals surface area (Å²) in [6.45, 7) is 2.85. The van der Waals surface area contributed by atoms with Gasteiger partial charge in [0.2, 0.25) is 0 Å². The first-order valence-electron chi connectivity index (χ1n) is 6.12. The van der Waals surface area contributed by atoms with Crippen LogP contribution in [-0.4, -0.2) is 12.6 Å². The molecule has 0 fully saturated rings. The number of benzene rings is 1. The zero-order valence-corrected chi connectivity index (χ0v) is 13.7. The summed E-state index contributed by atoms with van der Waals surface area (Å²) in [5.41, 5.74) is 0.914. The first-order chi connectivity index (χ1) is 9.13. The number of hydrogen-bond donors (Lipinski definition) is 0. The summed E-state index contributed by atoms with van der Waals surface area (Å²) in [7, 11) is 0. The Morgan fingerprint density at radius 2 is 1.95 bits per heavy atom. The molecule has 1 aliphatic heterocycles. The molecule has 1 aliphatic rings. The second-order valence-corrected chi connectivity index (χ2v) is 5.87. The molecule has 19 heavy (non-hydrogen) atoms. The van der Waals surface area contributed by atoms with Crippen LogP contribution >= 0.6 is 31.9 Å². The molecule has 1 atom stereocenters. The quantitative estimate of drug-likeness (QED) is 0.550. The van der Waals surface area contributed by atoms with Gasteiger partial charge in [0.05, 0.1) is 11.1 Å². The zero-order valence-electron chi connectivity index (χ0n) is 10.5. The number of cyclic esters (lactones) is 1. The van der Waals surface area contributed by atoms with Gasteiger partial charge in [0, 0.05) is 0 Å². The molecule has 0 bridgehead atoms. The van der Waals surface area contributed by atoms with Crippen molar-refractivity contribution in [1.29, 1.82) is 0 Å². The van der Waals surface area contributed by atoms with E-state index in [1.165, 1.54) is 0 Å². The van der Waals surface area contributed by atoms with Gasteiger partial charge in [0.1, 0.15) is 10.2 Å². The largest absolute Gasteiger partial charge is 0.494 e. The summed E-state index contributed by atoms with van der Waals surface area (Å²) in [4.78, 5) is 11.4. The molecule has 2 rings (SSSR count). The minimum Gasteiger partial charge on any atom is -0.494 e. The summed E-state index contributed by atoms with van der Waals surface area (Å²) in [5.74, 6) is 0.487. The molecule has 5 heteroatoms. The molecule has 0 saturated carbocycles. The topological polar surface area (TPSA) is 35.5 Å². The molecule has 1 aromatic carbocycles. The van der Waals surface area contributed by atoms with E-state index >= 15 is 0 Å².